The van der Waals surface area contributed by atoms with Gasteiger partial charge in [0.1, 0.15) is 5.76 Å². The van der Waals surface area contributed by atoms with Crippen molar-refractivity contribution in [1.82, 2.24) is 14.7 Å². The molecule has 10 heteroatoms. The third-order valence-corrected chi connectivity index (χ3v) is 8.09. The van der Waals surface area contributed by atoms with Crippen LogP contribution < -0.4 is 5.32 Å². The Hall–Kier alpha value is -2.59. The SMILES string of the molecule is COC1=CCCC=C(N2CCN(CCCC(=O)N3CCCC(Nc4ccc(SC(F)(F)F)cc4)C3)CC2)C=C1. The van der Waals surface area contributed by atoms with Gasteiger partial charge in [0.15, 0.2) is 0 Å². The molecule has 214 valence electrons. The number of likely N-dealkylation sites (tertiary alicyclic amines) is 1. The lowest BCUT2D eigenvalue weighted by atomic mass is 10.0. The van der Waals surface area contributed by atoms with E-state index in [-0.39, 0.29) is 28.6 Å². The molecular weight excluding hydrogens is 525 g/mol. The Kier molecular flexibility index (Phi) is 10.7. The summed E-state index contributed by atoms with van der Waals surface area (Å²) in [4.78, 5) is 19.9. The van der Waals surface area contributed by atoms with E-state index in [1.165, 1.54) is 17.8 Å². The third-order valence-electron chi connectivity index (χ3n) is 7.35. The van der Waals surface area contributed by atoms with Crippen molar-refractivity contribution in [2.75, 3.05) is 58.2 Å². The summed E-state index contributed by atoms with van der Waals surface area (Å²) in [5.74, 6) is 1.10. The van der Waals surface area contributed by atoms with E-state index >= 15 is 0 Å². The highest BCUT2D eigenvalue weighted by Gasteiger charge is 2.29. The Morgan fingerprint density at radius 3 is 2.51 bits per heavy atom. The number of piperazine rings is 1. The first-order valence-electron chi connectivity index (χ1n) is 13.8. The smallest absolute Gasteiger partial charge is 0.446 e. The van der Waals surface area contributed by atoms with Crippen molar-refractivity contribution in [1.29, 1.82) is 0 Å². The van der Waals surface area contributed by atoms with Gasteiger partial charge in [0.05, 0.1) is 7.11 Å². The summed E-state index contributed by atoms with van der Waals surface area (Å²) in [6.07, 6.45) is 13.8. The highest BCUT2D eigenvalue weighted by molar-refractivity contribution is 8.00. The van der Waals surface area contributed by atoms with Crippen LogP contribution in [-0.2, 0) is 9.53 Å². The summed E-state index contributed by atoms with van der Waals surface area (Å²) in [5, 5.41) is 3.39. The first-order chi connectivity index (χ1) is 18.8. The van der Waals surface area contributed by atoms with Gasteiger partial charge in [0.25, 0.3) is 0 Å². The molecule has 2 heterocycles. The number of alkyl halides is 3. The van der Waals surface area contributed by atoms with Crippen molar-refractivity contribution in [3.63, 3.8) is 0 Å². The average Bonchev–Trinajstić information content (AvgIpc) is 2.90. The number of ether oxygens (including phenoxy) is 1. The molecule has 1 aromatic carbocycles. The predicted molar refractivity (Wildman–Crippen MR) is 150 cm³/mol. The monoisotopic (exact) mass is 564 g/mol. The van der Waals surface area contributed by atoms with E-state index in [9.17, 15) is 18.0 Å². The summed E-state index contributed by atoms with van der Waals surface area (Å²) in [6, 6.07) is 6.40. The molecule has 0 radical (unpaired) electrons. The van der Waals surface area contributed by atoms with Crippen molar-refractivity contribution < 1.29 is 22.7 Å². The number of amides is 1. The van der Waals surface area contributed by atoms with Crippen LogP contribution >= 0.6 is 11.8 Å². The van der Waals surface area contributed by atoms with Gasteiger partial charge in [-0.2, -0.15) is 13.2 Å². The summed E-state index contributed by atoms with van der Waals surface area (Å²) in [7, 11) is 1.71. The maximum atomic E-state index is 12.9. The zero-order valence-electron chi connectivity index (χ0n) is 22.6. The number of nitrogens with zero attached hydrogens (tertiary/aromatic N) is 3. The molecule has 2 saturated heterocycles. The molecule has 6 nitrogen and oxygen atoms in total. The number of allylic oxidation sites excluding steroid dienone is 4. The fourth-order valence-corrected chi connectivity index (χ4v) is 5.84. The van der Waals surface area contributed by atoms with Gasteiger partial charge in [-0.15, -0.1) is 0 Å². The molecule has 1 aromatic rings. The number of rotatable bonds is 9. The molecule has 1 atom stereocenters. The zero-order valence-corrected chi connectivity index (χ0v) is 23.4. The van der Waals surface area contributed by atoms with Crippen molar-refractivity contribution in [2.24, 2.45) is 0 Å². The predicted octanol–water partition coefficient (Wildman–Crippen LogP) is 5.86. The summed E-state index contributed by atoms with van der Waals surface area (Å²) < 4.78 is 43.1. The molecule has 0 bridgehead atoms. The molecule has 1 unspecified atom stereocenters. The molecule has 0 saturated carbocycles. The van der Waals surface area contributed by atoms with Crippen LogP contribution in [-0.4, -0.2) is 85.1 Å². The lowest BCUT2D eigenvalue weighted by Gasteiger charge is -2.37. The number of carbonyl (C=O) groups is 1. The summed E-state index contributed by atoms with van der Waals surface area (Å²) in [6.45, 7) is 6.24. The molecule has 1 amide bonds. The molecule has 39 heavy (non-hydrogen) atoms. The number of piperidine rings is 1. The van der Waals surface area contributed by atoms with Crippen LogP contribution in [0.3, 0.4) is 0 Å². The maximum Gasteiger partial charge on any atom is 0.446 e. The molecule has 0 spiro atoms. The second-order valence-corrected chi connectivity index (χ2v) is 11.3. The Labute approximate surface area is 233 Å². The minimum Gasteiger partial charge on any atom is -0.497 e. The van der Waals surface area contributed by atoms with Gasteiger partial charge >= 0.3 is 5.51 Å². The van der Waals surface area contributed by atoms with Gasteiger partial charge in [-0.05, 0) is 92.9 Å². The van der Waals surface area contributed by atoms with Crippen LogP contribution in [0.15, 0.2) is 64.9 Å². The van der Waals surface area contributed by atoms with Gasteiger partial charge in [-0.1, -0.05) is 6.08 Å². The summed E-state index contributed by atoms with van der Waals surface area (Å²) >= 11 is -0.111. The second kappa shape index (κ2) is 14.2. The van der Waals surface area contributed by atoms with Crippen molar-refractivity contribution in [3.05, 3.63) is 60.0 Å². The number of carbonyl (C=O) groups excluding carboxylic acids is 1. The lowest BCUT2D eigenvalue weighted by molar-refractivity contribution is -0.132. The second-order valence-electron chi connectivity index (χ2n) is 10.2. The van der Waals surface area contributed by atoms with Gasteiger partial charge in [0, 0.05) is 68.0 Å². The van der Waals surface area contributed by atoms with Crippen molar-refractivity contribution in [3.8, 4) is 0 Å². The van der Waals surface area contributed by atoms with Crippen molar-refractivity contribution >= 4 is 23.4 Å². The van der Waals surface area contributed by atoms with E-state index in [0.29, 0.717) is 13.0 Å². The largest absolute Gasteiger partial charge is 0.497 e. The van der Waals surface area contributed by atoms with E-state index in [4.69, 9.17) is 4.74 Å². The number of thioether (sulfide) groups is 1. The first kappa shape index (κ1) is 29.4. The van der Waals surface area contributed by atoms with Crippen LogP contribution in [0, 0.1) is 0 Å². The molecule has 0 aromatic heterocycles. The number of hydrogen-bond acceptors (Lipinski definition) is 6. The van der Waals surface area contributed by atoms with E-state index < -0.39 is 5.51 Å². The lowest BCUT2D eigenvalue weighted by Crippen LogP contribution is -2.46. The third kappa shape index (κ3) is 9.53. The van der Waals surface area contributed by atoms with Crippen LogP contribution in [0.4, 0.5) is 18.9 Å². The number of methoxy groups -OCH3 is 1. The number of benzene rings is 1. The Morgan fingerprint density at radius 1 is 1.05 bits per heavy atom. The molecule has 4 rings (SSSR count). The first-order valence-corrected chi connectivity index (χ1v) is 14.6. The van der Waals surface area contributed by atoms with Gasteiger partial charge in [-0.25, -0.2) is 0 Å². The van der Waals surface area contributed by atoms with E-state index in [1.54, 1.807) is 19.2 Å². The Balaban J connectivity index is 1.15. The quantitative estimate of drug-likeness (QED) is 0.379. The van der Waals surface area contributed by atoms with Crippen LogP contribution in [0.2, 0.25) is 0 Å². The molecule has 2 fully saturated rings. The molecule has 3 aliphatic rings. The van der Waals surface area contributed by atoms with E-state index in [1.807, 2.05) is 11.0 Å². The number of hydrogen-bond donors (Lipinski definition) is 1. The summed E-state index contributed by atoms with van der Waals surface area (Å²) in [5.41, 5.74) is -2.25. The van der Waals surface area contributed by atoms with Gasteiger partial charge in [0.2, 0.25) is 5.91 Å². The zero-order chi connectivity index (χ0) is 27.7. The molecular formula is C29H39F3N4O2S. The molecule has 1 aliphatic carbocycles. The van der Waals surface area contributed by atoms with Crippen molar-refractivity contribution in [2.45, 2.75) is 55.0 Å². The minimum atomic E-state index is -4.29. The van der Waals surface area contributed by atoms with Gasteiger partial charge < -0.3 is 19.9 Å². The minimum absolute atomic E-state index is 0.101. The fourth-order valence-electron chi connectivity index (χ4n) is 5.30. The number of nitrogens with one attached hydrogen (secondary N) is 1. The number of halogens is 3. The fraction of sp³-hybridized carbons (Fsp3) is 0.552. The van der Waals surface area contributed by atoms with Crippen LogP contribution in [0.25, 0.3) is 0 Å². The maximum absolute atomic E-state index is 12.9. The Morgan fingerprint density at radius 2 is 1.79 bits per heavy atom. The average molecular weight is 565 g/mol. The normalized spacial score (nSPS) is 21.1. The van der Waals surface area contributed by atoms with Crippen LogP contribution in [0.5, 0.6) is 0 Å². The molecule has 1 N–H and O–H groups in total. The highest BCUT2D eigenvalue weighted by Crippen LogP contribution is 2.37. The Bertz CT molecular complexity index is 1030. The number of anilines is 1. The molecule has 2 aliphatic heterocycles. The van der Waals surface area contributed by atoms with Crippen LogP contribution in [0.1, 0.15) is 38.5 Å². The van der Waals surface area contributed by atoms with Gasteiger partial charge in [-0.3, -0.25) is 9.69 Å². The highest BCUT2D eigenvalue weighted by atomic mass is 32.2. The topological polar surface area (TPSA) is 48.1 Å². The van der Waals surface area contributed by atoms with E-state index in [2.05, 4.69) is 33.3 Å². The van der Waals surface area contributed by atoms with E-state index in [0.717, 1.165) is 82.8 Å². The standard InChI is InChI=1S/C29H39F3N4O2S/c1-38-26-8-3-2-7-25(12-13-26)35-20-18-34(19-21-35)16-5-9-28(37)36-17-4-6-24(22-36)33-23-10-14-27(15-11-23)39-29(30,31)32/h7-8,10-15,24,33H,2-6,9,16-22H2,1H3.